The lowest BCUT2D eigenvalue weighted by Crippen LogP contribution is -2.47. The molecule has 132 valence electrons. The van der Waals surface area contributed by atoms with Crippen LogP contribution in [0.4, 0.5) is 0 Å². The van der Waals surface area contributed by atoms with Gasteiger partial charge in [-0.05, 0) is 24.6 Å². The lowest BCUT2D eigenvalue weighted by molar-refractivity contribution is -0.130. The van der Waals surface area contributed by atoms with Gasteiger partial charge in [-0.25, -0.2) is 0 Å². The molecule has 5 heteroatoms. The number of rotatable bonds is 7. The minimum absolute atomic E-state index is 0.147. The number of hydrogen-bond acceptors (Lipinski definition) is 3. The molecular weight excluding hydrogens is 316 g/mol. The summed E-state index contributed by atoms with van der Waals surface area (Å²) in [6.07, 6.45) is 0.431. The first kappa shape index (κ1) is 18.5. The van der Waals surface area contributed by atoms with Gasteiger partial charge in [0.05, 0.1) is 12.2 Å². The number of nitrogens with zero attached hydrogens (tertiary/aromatic N) is 1. The van der Waals surface area contributed by atoms with E-state index in [1.54, 1.807) is 32.3 Å². The summed E-state index contributed by atoms with van der Waals surface area (Å²) >= 11 is 0. The molecule has 0 fully saturated rings. The Morgan fingerprint density at radius 2 is 1.68 bits per heavy atom. The minimum atomic E-state index is -0.639. The van der Waals surface area contributed by atoms with E-state index in [4.69, 9.17) is 4.74 Å². The molecule has 0 radical (unpaired) electrons. The maximum atomic E-state index is 12.7. The molecule has 0 saturated carbocycles. The lowest BCUT2D eigenvalue weighted by Gasteiger charge is -2.22. The largest absolute Gasteiger partial charge is 0.493 e. The quantitative estimate of drug-likeness (QED) is 0.842. The van der Waals surface area contributed by atoms with Crippen molar-refractivity contribution in [1.29, 1.82) is 0 Å². The normalized spacial score (nSPS) is 11.5. The molecule has 25 heavy (non-hydrogen) atoms. The number of carbonyl (C=O) groups is 2. The second-order valence-electron chi connectivity index (χ2n) is 5.88. The van der Waals surface area contributed by atoms with Crippen molar-refractivity contribution < 1.29 is 14.3 Å². The molecular formula is C20H24N2O3. The monoisotopic (exact) mass is 340 g/mol. The van der Waals surface area contributed by atoms with Crippen LogP contribution >= 0.6 is 0 Å². The van der Waals surface area contributed by atoms with Crippen molar-refractivity contribution in [3.63, 3.8) is 0 Å². The van der Waals surface area contributed by atoms with Crippen LogP contribution in [0.25, 0.3) is 0 Å². The molecule has 2 rings (SSSR count). The average Bonchev–Trinajstić information content (AvgIpc) is 2.62. The number of carbonyl (C=O) groups excluding carboxylic acids is 2. The number of benzene rings is 2. The van der Waals surface area contributed by atoms with Crippen LogP contribution in [0.2, 0.25) is 0 Å². The molecule has 2 aromatic rings. The summed E-state index contributed by atoms with van der Waals surface area (Å²) in [6.45, 7) is 2.33. The van der Waals surface area contributed by atoms with Gasteiger partial charge in [0.2, 0.25) is 5.91 Å². The Kier molecular flexibility index (Phi) is 6.57. The highest BCUT2D eigenvalue weighted by Crippen LogP contribution is 2.18. The Balaban J connectivity index is 2.21. The zero-order valence-electron chi connectivity index (χ0n) is 14.9. The minimum Gasteiger partial charge on any atom is -0.493 e. The van der Waals surface area contributed by atoms with Crippen LogP contribution in [0.15, 0.2) is 54.6 Å². The molecule has 1 atom stereocenters. The van der Waals surface area contributed by atoms with E-state index in [0.29, 0.717) is 24.3 Å². The van der Waals surface area contributed by atoms with E-state index in [-0.39, 0.29) is 11.8 Å². The zero-order valence-corrected chi connectivity index (χ0v) is 14.9. The summed E-state index contributed by atoms with van der Waals surface area (Å²) in [5.41, 5.74) is 1.41. The van der Waals surface area contributed by atoms with Crippen LogP contribution in [-0.4, -0.2) is 43.5 Å². The predicted octanol–water partition coefficient (Wildman–Crippen LogP) is 2.51. The third kappa shape index (κ3) is 5.08. The maximum absolute atomic E-state index is 12.7. The van der Waals surface area contributed by atoms with Gasteiger partial charge in [0.25, 0.3) is 5.91 Å². The van der Waals surface area contributed by atoms with Gasteiger partial charge in [-0.3, -0.25) is 9.59 Å². The number of ether oxygens (including phenoxy) is 1. The molecule has 0 bridgehead atoms. The molecule has 0 spiro atoms. The first-order valence-electron chi connectivity index (χ1n) is 8.30. The predicted molar refractivity (Wildman–Crippen MR) is 97.7 cm³/mol. The smallest absolute Gasteiger partial charge is 0.255 e. The van der Waals surface area contributed by atoms with Crippen LogP contribution < -0.4 is 10.1 Å². The fraction of sp³-hybridized carbons (Fsp3) is 0.300. The third-order valence-electron chi connectivity index (χ3n) is 3.76. The summed E-state index contributed by atoms with van der Waals surface area (Å²) in [7, 11) is 3.36. The highest BCUT2D eigenvalue weighted by molar-refractivity contribution is 5.99. The van der Waals surface area contributed by atoms with E-state index in [0.717, 1.165) is 5.56 Å². The standard InChI is InChI=1S/C20H24N2O3/c1-4-25-18-13-9-8-12-16(18)19(23)21-17(20(24)22(2)3)14-15-10-6-5-7-11-15/h5-13,17H,4,14H2,1-3H3,(H,21,23)/t17-/m0/s1. The fourth-order valence-corrected chi connectivity index (χ4v) is 2.53. The van der Waals surface area contributed by atoms with Crippen molar-refractivity contribution >= 4 is 11.8 Å². The third-order valence-corrected chi connectivity index (χ3v) is 3.76. The fourth-order valence-electron chi connectivity index (χ4n) is 2.53. The van der Waals surface area contributed by atoms with E-state index in [1.807, 2.05) is 43.3 Å². The topological polar surface area (TPSA) is 58.6 Å². The van der Waals surface area contributed by atoms with Crippen LogP contribution in [0, 0.1) is 0 Å². The summed E-state index contributed by atoms with van der Waals surface area (Å²) in [6, 6.07) is 16.0. The average molecular weight is 340 g/mol. The Bertz CT molecular complexity index is 714. The lowest BCUT2D eigenvalue weighted by atomic mass is 10.0. The Hall–Kier alpha value is -2.82. The molecule has 0 saturated heterocycles. The van der Waals surface area contributed by atoms with Crippen LogP contribution in [0.5, 0.6) is 5.75 Å². The molecule has 5 nitrogen and oxygen atoms in total. The van der Waals surface area contributed by atoms with Gasteiger partial charge >= 0.3 is 0 Å². The Labute approximate surface area is 148 Å². The Morgan fingerprint density at radius 3 is 2.32 bits per heavy atom. The molecule has 2 amide bonds. The summed E-state index contributed by atoms with van der Waals surface area (Å²) in [5.74, 6) is 0.0459. The van der Waals surface area contributed by atoms with Crippen molar-refractivity contribution in [3.8, 4) is 5.75 Å². The van der Waals surface area contributed by atoms with Gasteiger partial charge in [-0.15, -0.1) is 0 Å². The van der Waals surface area contributed by atoms with Gasteiger partial charge in [0.1, 0.15) is 11.8 Å². The first-order chi connectivity index (χ1) is 12.0. The van der Waals surface area contributed by atoms with Crippen molar-refractivity contribution in [1.82, 2.24) is 10.2 Å². The van der Waals surface area contributed by atoms with Gasteiger partial charge in [-0.2, -0.15) is 0 Å². The van der Waals surface area contributed by atoms with Crippen molar-refractivity contribution in [2.75, 3.05) is 20.7 Å². The summed E-state index contributed by atoms with van der Waals surface area (Å²) in [4.78, 5) is 26.7. The second kappa shape index (κ2) is 8.87. The summed E-state index contributed by atoms with van der Waals surface area (Å²) < 4.78 is 5.51. The Morgan fingerprint density at radius 1 is 1.04 bits per heavy atom. The van der Waals surface area contributed by atoms with E-state index in [1.165, 1.54) is 4.90 Å². The number of likely N-dealkylation sites (N-methyl/N-ethyl adjacent to an activating group) is 1. The van der Waals surface area contributed by atoms with Crippen LogP contribution in [-0.2, 0) is 11.2 Å². The van der Waals surface area contributed by atoms with Crippen LogP contribution in [0.3, 0.4) is 0 Å². The molecule has 0 aliphatic rings. The van der Waals surface area contributed by atoms with Crippen molar-refractivity contribution in [2.45, 2.75) is 19.4 Å². The zero-order chi connectivity index (χ0) is 18.2. The molecule has 1 N–H and O–H groups in total. The number of para-hydroxylation sites is 1. The van der Waals surface area contributed by atoms with Gasteiger partial charge in [0.15, 0.2) is 0 Å². The van der Waals surface area contributed by atoms with Gasteiger partial charge in [0, 0.05) is 20.5 Å². The number of nitrogens with one attached hydrogen (secondary N) is 1. The van der Waals surface area contributed by atoms with Gasteiger partial charge < -0.3 is 15.0 Å². The molecule has 0 heterocycles. The van der Waals surface area contributed by atoms with E-state index < -0.39 is 6.04 Å². The highest BCUT2D eigenvalue weighted by atomic mass is 16.5. The van der Waals surface area contributed by atoms with Crippen molar-refractivity contribution in [3.05, 3.63) is 65.7 Å². The molecule has 0 aromatic heterocycles. The highest BCUT2D eigenvalue weighted by Gasteiger charge is 2.24. The molecule has 0 aliphatic carbocycles. The van der Waals surface area contributed by atoms with Crippen LogP contribution in [0.1, 0.15) is 22.8 Å². The first-order valence-corrected chi connectivity index (χ1v) is 8.30. The van der Waals surface area contributed by atoms with Crippen molar-refractivity contribution in [2.24, 2.45) is 0 Å². The van der Waals surface area contributed by atoms with Gasteiger partial charge in [-0.1, -0.05) is 42.5 Å². The van der Waals surface area contributed by atoms with E-state index in [2.05, 4.69) is 5.32 Å². The SMILES string of the molecule is CCOc1ccccc1C(=O)N[C@@H](Cc1ccccc1)C(=O)N(C)C. The maximum Gasteiger partial charge on any atom is 0.255 e. The van der Waals surface area contributed by atoms with E-state index >= 15 is 0 Å². The second-order valence-corrected chi connectivity index (χ2v) is 5.88. The summed E-state index contributed by atoms with van der Waals surface area (Å²) in [5, 5.41) is 2.85. The molecule has 2 aromatic carbocycles. The number of hydrogen-bond donors (Lipinski definition) is 1. The van der Waals surface area contributed by atoms with E-state index in [9.17, 15) is 9.59 Å². The number of amides is 2. The molecule has 0 unspecified atom stereocenters. The molecule has 0 aliphatic heterocycles.